The first kappa shape index (κ1) is 30.5. The summed E-state index contributed by atoms with van der Waals surface area (Å²) in [6, 6.07) is 0. The molecule has 1 atom stereocenters. The standard InChI is InChI=1S/C15H29OSi.3C4H9.Sn/c1-7-10-11-12-13-14-15(8-2,9-3)16-17(4,5)6;3*1-3-4-2;/h2,8-9H,3,7,10-14H2,1,4-6H3;3*1,3-4H2,2H3;. The van der Waals surface area contributed by atoms with Gasteiger partial charge in [0.15, 0.2) is 0 Å². The molecule has 0 saturated carbocycles. The van der Waals surface area contributed by atoms with Gasteiger partial charge in [0.2, 0.25) is 0 Å². The van der Waals surface area contributed by atoms with Gasteiger partial charge in [0.05, 0.1) is 0 Å². The summed E-state index contributed by atoms with van der Waals surface area (Å²) in [4.78, 5) is 0. The fourth-order valence-corrected chi connectivity index (χ4v) is 20.3. The summed E-state index contributed by atoms with van der Waals surface area (Å²) in [6.45, 7) is 20.7. The van der Waals surface area contributed by atoms with Crippen molar-refractivity contribution in [3.05, 3.63) is 22.8 Å². The van der Waals surface area contributed by atoms with Crippen LogP contribution in [-0.2, 0) is 4.43 Å². The minimum atomic E-state index is -2.31. The summed E-state index contributed by atoms with van der Waals surface area (Å²) < 4.78 is 14.2. The van der Waals surface area contributed by atoms with Crippen LogP contribution < -0.4 is 0 Å². The van der Waals surface area contributed by atoms with Crippen molar-refractivity contribution in [2.24, 2.45) is 0 Å². The van der Waals surface area contributed by atoms with Crippen molar-refractivity contribution in [1.82, 2.24) is 0 Å². The molecule has 0 fully saturated rings. The van der Waals surface area contributed by atoms with E-state index in [-0.39, 0.29) is 5.60 Å². The van der Waals surface area contributed by atoms with Crippen LogP contribution in [0.2, 0.25) is 33.0 Å². The van der Waals surface area contributed by atoms with Crippen molar-refractivity contribution in [3.63, 3.8) is 0 Å². The van der Waals surface area contributed by atoms with Gasteiger partial charge in [-0.1, -0.05) is 0 Å². The third-order valence-corrected chi connectivity index (χ3v) is 21.4. The molecule has 0 aliphatic rings. The second kappa shape index (κ2) is 17.0. The predicted octanol–water partition coefficient (Wildman–Crippen LogP) is 10.1. The van der Waals surface area contributed by atoms with E-state index < -0.39 is 26.7 Å². The predicted molar refractivity (Wildman–Crippen MR) is 145 cm³/mol. The zero-order valence-electron chi connectivity index (χ0n) is 22.0. The first-order chi connectivity index (χ1) is 14.2. The molecule has 1 nitrogen and oxygen atoms in total. The Morgan fingerprint density at radius 2 is 1.20 bits per heavy atom. The van der Waals surface area contributed by atoms with E-state index in [4.69, 9.17) is 4.43 Å². The van der Waals surface area contributed by atoms with Crippen LogP contribution in [0, 0.1) is 0 Å². The third kappa shape index (κ3) is 13.8. The molecule has 0 bridgehead atoms. The number of unbranched alkanes of at least 4 members (excludes halogenated alkanes) is 7. The number of rotatable bonds is 20. The van der Waals surface area contributed by atoms with Gasteiger partial charge in [0, 0.05) is 0 Å². The summed E-state index contributed by atoms with van der Waals surface area (Å²) >= 11 is -2.31. The first-order valence-corrected chi connectivity index (χ1v) is 24.4. The van der Waals surface area contributed by atoms with Crippen LogP contribution in [0.4, 0.5) is 0 Å². The van der Waals surface area contributed by atoms with Crippen LogP contribution >= 0.6 is 0 Å². The van der Waals surface area contributed by atoms with Crippen molar-refractivity contribution < 1.29 is 4.43 Å². The molecule has 0 aromatic rings. The Bertz CT molecular complexity index is 432. The normalized spacial score (nSPS) is 14.9. The zero-order valence-corrected chi connectivity index (χ0v) is 25.8. The van der Waals surface area contributed by atoms with E-state index in [0.29, 0.717) is 0 Å². The summed E-state index contributed by atoms with van der Waals surface area (Å²) in [7, 11) is -1.66. The Morgan fingerprint density at radius 3 is 1.60 bits per heavy atom. The molecule has 0 aliphatic heterocycles. The third-order valence-electron chi connectivity index (χ3n) is 6.32. The van der Waals surface area contributed by atoms with Crippen molar-refractivity contribution in [2.75, 3.05) is 0 Å². The van der Waals surface area contributed by atoms with Gasteiger partial charge in [-0.3, -0.25) is 0 Å². The fraction of sp³-hybridized carbons (Fsp3) is 0.852. The fourth-order valence-electron chi connectivity index (χ4n) is 4.48. The molecule has 0 amide bonds. The Hall–Kier alpha value is 0.456. The van der Waals surface area contributed by atoms with E-state index in [0.717, 1.165) is 6.42 Å². The monoisotopic (exact) mass is 544 g/mol. The van der Waals surface area contributed by atoms with Gasteiger partial charge in [0.25, 0.3) is 0 Å². The van der Waals surface area contributed by atoms with Gasteiger partial charge in [-0.15, -0.1) is 0 Å². The second-order valence-electron chi connectivity index (χ2n) is 10.5. The Labute approximate surface area is 196 Å². The molecule has 1 unspecified atom stereocenters. The zero-order chi connectivity index (χ0) is 22.9. The molecule has 0 aromatic carbocycles. The topological polar surface area (TPSA) is 9.23 Å². The second-order valence-corrected chi connectivity index (χ2v) is 28.0. The molecular weight excluding hydrogens is 487 g/mol. The van der Waals surface area contributed by atoms with Crippen molar-refractivity contribution in [3.8, 4) is 0 Å². The number of hydrogen-bond donors (Lipinski definition) is 0. The van der Waals surface area contributed by atoms with E-state index in [1.165, 1.54) is 83.9 Å². The molecule has 0 heterocycles. The van der Waals surface area contributed by atoms with E-state index in [1.54, 1.807) is 0 Å². The Morgan fingerprint density at radius 1 is 0.733 bits per heavy atom. The maximum absolute atomic E-state index is 6.86. The average Bonchev–Trinajstić information content (AvgIpc) is 2.71. The van der Waals surface area contributed by atoms with Crippen molar-refractivity contribution >= 4 is 26.7 Å². The van der Waals surface area contributed by atoms with Gasteiger partial charge < -0.3 is 0 Å². The summed E-state index contributed by atoms with van der Waals surface area (Å²) in [6.07, 6.45) is 20.7. The van der Waals surface area contributed by atoms with Gasteiger partial charge in [0.1, 0.15) is 0 Å². The number of hydrogen-bond acceptors (Lipinski definition) is 1. The molecule has 0 aliphatic carbocycles. The van der Waals surface area contributed by atoms with E-state index in [2.05, 4.69) is 70.2 Å². The summed E-state index contributed by atoms with van der Waals surface area (Å²) in [5, 5.41) is 0. The van der Waals surface area contributed by atoms with Crippen molar-refractivity contribution in [2.45, 2.75) is 143 Å². The Balaban J connectivity index is 5.72. The van der Waals surface area contributed by atoms with E-state index in [9.17, 15) is 0 Å². The minimum absolute atomic E-state index is 0.233. The quantitative estimate of drug-likeness (QED) is 0.0843. The SMILES string of the molecule is C=CC(C=[CH][Sn]([CH2]CCC)([CH2]CCC)[CH2]CCC)(CCCCCCC)O[Si](C)(C)C. The average molecular weight is 544 g/mol. The maximum atomic E-state index is 6.86. The molecule has 3 heteroatoms. The van der Waals surface area contributed by atoms with E-state index in [1.807, 2.05) is 0 Å². The van der Waals surface area contributed by atoms with Crippen LogP contribution in [0.5, 0.6) is 0 Å². The van der Waals surface area contributed by atoms with Gasteiger partial charge >= 0.3 is 197 Å². The molecule has 178 valence electrons. The molecular formula is C27H56OSiSn. The Kier molecular flexibility index (Phi) is 17.3. The van der Waals surface area contributed by atoms with Gasteiger partial charge in [-0.05, 0) is 0 Å². The van der Waals surface area contributed by atoms with Gasteiger partial charge in [-0.25, -0.2) is 0 Å². The van der Waals surface area contributed by atoms with Crippen LogP contribution in [0.1, 0.15) is 105 Å². The molecule has 0 rings (SSSR count). The van der Waals surface area contributed by atoms with Crippen LogP contribution in [0.3, 0.4) is 0 Å². The molecule has 30 heavy (non-hydrogen) atoms. The molecule has 0 saturated heterocycles. The summed E-state index contributed by atoms with van der Waals surface area (Å²) in [5.41, 5.74) is -0.233. The van der Waals surface area contributed by atoms with Crippen molar-refractivity contribution in [1.29, 1.82) is 0 Å². The summed E-state index contributed by atoms with van der Waals surface area (Å²) in [5.74, 6) is 0. The van der Waals surface area contributed by atoms with Gasteiger partial charge in [-0.2, -0.15) is 0 Å². The van der Waals surface area contributed by atoms with Crippen LogP contribution in [-0.4, -0.2) is 32.3 Å². The molecule has 0 aromatic heterocycles. The molecule has 0 N–H and O–H groups in total. The van der Waals surface area contributed by atoms with Crippen LogP contribution in [0.25, 0.3) is 0 Å². The van der Waals surface area contributed by atoms with E-state index >= 15 is 0 Å². The van der Waals surface area contributed by atoms with Crippen LogP contribution in [0.15, 0.2) is 22.8 Å². The molecule has 0 radical (unpaired) electrons. The molecule has 0 spiro atoms. The first-order valence-electron chi connectivity index (χ1n) is 13.3.